The fourth-order valence-electron chi connectivity index (χ4n) is 2.45. The Balaban J connectivity index is 1.80. The predicted molar refractivity (Wildman–Crippen MR) is 87.7 cm³/mol. The summed E-state index contributed by atoms with van der Waals surface area (Å²) in [5.41, 5.74) is 2.06. The Morgan fingerprint density at radius 3 is 2.52 bits per heavy atom. The van der Waals surface area contributed by atoms with Crippen molar-refractivity contribution < 1.29 is 8.42 Å². The van der Waals surface area contributed by atoms with Crippen molar-refractivity contribution in [2.45, 2.75) is 17.9 Å². The van der Waals surface area contributed by atoms with Gasteiger partial charge in [-0.25, -0.2) is 13.4 Å². The summed E-state index contributed by atoms with van der Waals surface area (Å²) in [7, 11) is -1.28. The van der Waals surface area contributed by atoms with Gasteiger partial charge >= 0.3 is 0 Å². The zero-order valence-corrected chi connectivity index (χ0v) is 13.9. The van der Waals surface area contributed by atoms with Crippen molar-refractivity contribution in [2.75, 3.05) is 6.26 Å². The van der Waals surface area contributed by atoms with Gasteiger partial charge in [-0.05, 0) is 36.2 Å². The van der Waals surface area contributed by atoms with Gasteiger partial charge in [-0.3, -0.25) is 4.68 Å². The molecule has 0 saturated heterocycles. The normalized spacial score (nSPS) is 11.7. The first kappa shape index (κ1) is 15.5. The number of aryl methyl sites for hydroxylation is 3. The largest absolute Gasteiger partial charge is 0.331 e. The van der Waals surface area contributed by atoms with Gasteiger partial charge in [-0.1, -0.05) is 0 Å². The van der Waals surface area contributed by atoms with Crippen LogP contribution in [-0.4, -0.2) is 34.0 Å². The molecule has 1 aromatic carbocycles. The van der Waals surface area contributed by atoms with Gasteiger partial charge in [0.15, 0.2) is 9.84 Å². The highest BCUT2D eigenvalue weighted by molar-refractivity contribution is 7.90. The van der Waals surface area contributed by atoms with Crippen LogP contribution in [0.2, 0.25) is 0 Å². The summed E-state index contributed by atoms with van der Waals surface area (Å²) in [5.74, 6) is 0.828. The molecule has 3 rings (SSSR count). The van der Waals surface area contributed by atoms with Crippen molar-refractivity contribution in [3.8, 4) is 11.4 Å². The fourth-order valence-corrected chi connectivity index (χ4v) is 3.08. The molecule has 0 unspecified atom stereocenters. The van der Waals surface area contributed by atoms with Crippen LogP contribution in [0.3, 0.4) is 0 Å². The molecule has 0 aliphatic rings. The quantitative estimate of drug-likeness (QED) is 0.717. The van der Waals surface area contributed by atoms with Gasteiger partial charge < -0.3 is 4.57 Å². The van der Waals surface area contributed by atoms with Gasteiger partial charge in [0.2, 0.25) is 0 Å². The molecule has 0 bridgehead atoms. The lowest BCUT2D eigenvalue weighted by atomic mass is 10.2. The number of sulfone groups is 1. The van der Waals surface area contributed by atoms with Crippen LogP contribution < -0.4 is 0 Å². The van der Waals surface area contributed by atoms with E-state index in [4.69, 9.17) is 0 Å². The number of aromatic nitrogens is 4. The van der Waals surface area contributed by atoms with Gasteiger partial charge in [0.1, 0.15) is 5.82 Å². The van der Waals surface area contributed by atoms with Crippen LogP contribution >= 0.6 is 0 Å². The van der Waals surface area contributed by atoms with E-state index in [1.54, 1.807) is 35.1 Å². The maximum absolute atomic E-state index is 11.5. The van der Waals surface area contributed by atoms with Gasteiger partial charge in [-0.15, -0.1) is 0 Å². The van der Waals surface area contributed by atoms with Crippen molar-refractivity contribution in [3.05, 3.63) is 54.6 Å². The van der Waals surface area contributed by atoms with Crippen molar-refractivity contribution in [1.29, 1.82) is 0 Å². The van der Waals surface area contributed by atoms with Crippen molar-refractivity contribution in [3.63, 3.8) is 0 Å². The minimum atomic E-state index is -3.18. The molecule has 0 radical (unpaired) electrons. The Kier molecular flexibility index (Phi) is 4.04. The number of rotatable bonds is 5. The van der Waals surface area contributed by atoms with E-state index in [9.17, 15) is 8.42 Å². The Morgan fingerprint density at radius 1 is 1.17 bits per heavy atom. The number of benzene rings is 1. The maximum Gasteiger partial charge on any atom is 0.175 e. The smallest absolute Gasteiger partial charge is 0.175 e. The molecule has 2 aromatic heterocycles. The van der Waals surface area contributed by atoms with Crippen LogP contribution in [0.4, 0.5) is 0 Å². The lowest BCUT2D eigenvalue weighted by Crippen LogP contribution is -2.03. The number of hydrogen-bond donors (Lipinski definition) is 0. The minimum absolute atomic E-state index is 0.315. The van der Waals surface area contributed by atoms with Gasteiger partial charge in [0.05, 0.1) is 11.1 Å². The molecule has 0 aliphatic heterocycles. The van der Waals surface area contributed by atoms with Crippen molar-refractivity contribution in [2.24, 2.45) is 7.05 Å². The summed E-state index contributed by atoms with van der Waals surface area (Å²) in [5, 5.41) is 4.16. The van der Waals surface area contributed by atoms with Crippen LogP contribution in [0.1, 0.15) is 5.56 Å². The molecule has 3 aromatic rings. The van der Waals surface area contributed by atoms with E-state index < -0.39 is 9.84 Å². The highest BCUT2D eigenvalue weighted by Crippen LogP contribution is 2.20. The SMILES string of the molecule is Cn1cc(CCn2ccnc2-c2ccc(S(C)(=O)=O)cc2)cn1. The minimum Gasteiger partial charge on any atom is -0.331 e. The monoisotopic (exact) mass is 330 g/mol. The Morgan fingerprint density at radius 2 is 1.91 bits per heavy atom. The van der Waals surface area contributed by atoms with E-state index in [2.05, 4.69) is 14.6 Å². The highest BCUT2D eigenvalue weighted by Gasteiger charge is 2.10. The predicted octanol–water partition coefficient (Wildman–Crippen LogP) is 1.93. The van der Waals surface area contributed by atoms with Gasteiger partial charge in [0.25, 0.3) is 0 Å². The average molecular weight is 330 g/mol. The number of imidazole rings is 1. The summed E-state index contributed by atoms with van der Waals surface area (Å²) in [6, 6.07) is 6.81. The van der Waals surface area contributed by atoms with Crippen LogP contribution in [-0.2, 0) is 29.9 Å². The second kappa shape index (κ2) is 6.00. The van der Waals surface area contributed by atoms with Gasteiger partial charge in [-0.2, -0.15) is 5.10 Å². The molecule has 23 heavy (non-hydrogen) atoms. The molecule has 0 atom stereocenters. The second-order valence-electron chi connectivity index (χ2n) is 5.51. The summed E-state index contributed by atoms with van der Waals surface area (Å²) in [6.45, 7) is 0.787. The topological polar surface area (TPSA) is 69.8 Å². The first-order valence-electron chi connectivity index (χ1n) is 7.22. The van der Waals surface area contributed by atoms with E-state index in [0.29, 0.717) is 4.90 Å². The van der Waals surface area contributed by atoms with Crippen LogP contribution in [0, 0.1) is 0 Å². The van der Waals surface area contributed by atoms with Crippen LogP contribution in [0.5, 0.6) is 0 Å². The molecule has 0 saturated carbocycles. The summed E-state index contributed by atoms with van der Waals surface area (Å²) in [4.78, 5) is 4.70. The van der Waals surface area contributed by atoms with E-state index in [-0.39, 0.29) is 0 Å². The van der Waals surface area contributed by atoms with Crippen molar-refractivity contribution >= 4 is 9.84 Å². The molecular weight excluding hydrogens is 312 g/mol. The van der Waals surface area contributed by atoms with E-state index in [1.807, 2.05) is 25.6 Å². The fraction of sp³-hybridized carbons (Fsp3) is 0.250. The maximum atomic E-state index is 11.5. The molecule has 0 fully saturated rings. The highest BCUT2D eigenvalue weighted by atomic mass is 32.2. The Bertz CT molecular complexity index is 908. The second-order valence-corrected chi connectivity index (χ2v) is 7.53. The molecular formula is C16H18N4O2S. The molecule has 120 valence electrons. The molecule has 6 nitrogen and oxygen atoms in total. The Hall–Kier alpha value is -2.41. The first-order chi connectivity index (χ1) is 10.9. The van der Waals surface area contributed by atoms with Crippen LogP contribution in [0.25, 0.3) is 11.4 Å². The summed E-state index contributed by atoms with van der Waals surface area (Å²) in [6.07, 6.45) is 9.60. The Labute approximate surface area is 135 Å². The first-order valence-corrected chi connectivity index (χ1v) is 9.12. The molecule has 0 spiro atoms. The number of hydrogen-bond acceptors (Lipinski definition) is 4. The molecule has 2 heterocycles. The standard InChI is InChI=1S/C16H18N4O2S/c1-19-12-13(11-18-19)7-9-20-10-8-17-16(20)14-3-5-15(6-4-14)23(2,21)22/h3-6,8,10-12H,7,9H2,1-2H3. The summed E-state index contributed by atoms with van der Waals surface area (Å²) < 4.78 is 26.9. The van der Waals surface area contributed by atoms with E-state index in [1.165, 1.54) is 11.8 Å². The zero-order valence-electron chi connectivity index (χ0n) is 13.0. The van der Waals surface area contributed by atoms with E-state index in [0.717, 1.165) is 24.4 Å². The average Bonchev–Trinajstić information content (AvgIpc) is 3.13. The zero-order chi connectivity index (χ0) is 16.4. The lowest BCUT2D eigenvalue weighted by molar-refractivity contribution is 0.602. The summed E-state index contributed by atoms with van der Waals surface area (Å²) >= 11 is 0. The van der Waals surface area contributed by atoms with Crippen LogP contribution in [0.15, 0.2) is 53.9 Å². The molecule has 0 aliphatic carbocycles. The van der Waals surface area contributed by atoms with Crippen molar-refractivity contribution in [1.82, 2.24) is 19.3 Å². The third-order valence-corrected chi connectivity index (χ3v) is 4.78. The molecule has 0 amide bonds. The third kappa shape index (κ3) is 3.50. The van der Waals surface area contributed by atoms with Gasteiger partial charge in [0, 0.05) is 44.0 Å². The number of nitrogens with zero attached hydrogens (tertiary/aromatic N) is 4. The lowest BCUT2D eigenvalue weighted by Gasteiger charge is -2.08. The molecule has 7 heteroatoms. The third-order valence-electron chi connectivity index (χ3n) is 3.66. The molecule has 0 N–H and O–H groups in total. The van der Waals surface area contributed by atoms with E-state index >= 15 is 0 Å².